The van der Waals surface area contributed by atoms with Gasteiger partial charge in [0, 0.05) is 16.6 Å². The van der Waals surface area contributed by atoms with Gasteiger partial charge in [-0.25, -0.2) is 9.78 Å². The van der Waals surface area contributed by atoms with E-state index in [1.54, 1.807) is 17.4 Å². The van der Waals surface area contributed by atoms with Gasteiger partial charge >= 0.3 is 5.76 Å². The molecule has 0 bridgehead atoms. The lowest BCUT2D eigenvalue weighted by molar-refractivity contribution is 0.555. The summed E-state index contributed by atoms with van der Waals surface area (Å²) in [6.45, 7) is 0. The number of nitrogens with two attached hydrogens (primary N) is 1. The summed E-state index contributed by atoms with van der Waals surface area (Å²) in [4.78, 5) is 19.2. The summed E-state index contributed by atoms with van der Waals surface area (Å²) in [5.74, 6) is -0.480. The highest BCUT2D eigenvalue weighted by Gasteiger charge is 2.11. The Morgan fingerprint density at radius 1 is 1.29 bits per heavy atom. The summed E-state index contributed by atoms with van der Waals surface area (Å²) < 4.78 is 7.03. The number of fused-ring (bicyclic) bond motifs is 2. The maximum Gasteiger partial charge on any atom is 0.417 e. The third-order valence-electron chi connectivity index (χ3n) is 3.02. The molecule has 21 heavy (non-hydrogen) atoms. The first-order valence-corrected chi connectivity index (χ1v) is 7.78. The van der Waals surface area contributed by atoms with E-state index in [1.807, 2.05) is 30.3 Å². The van der Waals surface area contributed by atoms with Gasteiger partial charge in [0.2, 0.25) is 0 Å². The molecule has 0 fully saturated rings. The Morgan fingerprint density at radius 2 is 2.14 bits per heavy atom. The summed E-state index contributed by atoms with van der Waals surface area (Å²) in [7, 11) is 0. The molecule has 0 aliphatic heterocycles. The van der Waals surface area contributed by atoms with Gasteiger partial charge in [0.05, 0.1) is 15.7 Å². The smallest absolute Gasteiger partial charge is 0.408 e. The number of nitrogen functional groups attached to an aromatic ring is 1. The van der Waals surface area contributed by atoms with Gasteiger partial charge < -0.3 is 10.2 Å². The number of anilines is 1. The molecule has 7 heteroatoms. The summed E-state index contributed by atoms with van der Waals surface area (Å²) in [6.07, 6.45) is 0. The molecule has 3 N–H and O–H groups in total. The van der Waals surface area contributed by atoms with E-state index in [2.05, 4.69) is 9.97 Å². The zero-order valence-electron chi connectivity index (χ0n) is 10.6. The van der Waals surface area contributed by atoms with Gasteiger partial charge in [0.15, 0.2) is 9.92 Å². The predicted octanol–water partition coefficient (Wildman–Crippen LogP) is 3.46. The van der Waals surface area contributed by atoms with E-state index < -0.39 is 5.76 Å². The SMILES string of the molecule is Nc1cc2oc(=O)[nH]c2cc1Sc1nc2ccccc2s1. The van der Waals surface area contributed by atoms with E-state index in [1.165, 1.54) is 11.8 Å². The Balaban J connectivity index is 1.78. The average molecular weight is 315 g/mol. The molecule has 2 aromatic carbocycles. The number of nitrogens with zero attached hydrogens (tertiary/aromatic N) is 1. The van der Waals surface area contributed by atoms with Crippen molar-refractivity contribution in [3.05, 3.63) is 46.9 Å². The van der Waals surface area contributed by atoms with Crippen LogP contribution in [-0.4, -0.2) is 9.97 Å². The Labute approximate surface area is 126 Å². The first-order valence-electron chi connectivity index (χ1n) is 6.15. The van der Waals surface area contributed by atoms with Crippen molar-refractivity contribution in [2.24, 2.45) is 0 Å². The highest BCUT2D eigenvalue weighted by atomic mass is 32.2. The maximum atomic E-state index is 11.2. The van der Waals surface area contributed by atoms with E-state index in [9.17, 15) is 4.79 Å². The second-order valence-corrected chi connectivity index (χ2v) is 6.77. The van der Waals surface area contributed by atoms with Crippen molar-refractivity contribution in [1.29, 1.82) is 0 Å². The largest absolute Gasteiger partial charge is 0.417 e. The van der Waals surface area contributed by atoms with E-state index in [4.69, 9.17) is 10.2 Å². The third kappa shape index (κ3) is 2.20. The molecule has 104 valence electrons. The van der Waals surface area contributed by atoms with Crippen molar-refractivity contribution in [3.63, 3.8) is 0 Å². The molecule has 4 aromatic rings. The normalized spacial score (nSPS) is 11.4. The molecular formula is C14H9N3O2S2. The van der Waals surface area contributed by atoms with Crippen LogP contribution in [-0.2, 0) is 0 Å². The number of hydrogen-bond donors (Lipinski definition) is 2. The van der Waals surface area contributed by atoms with Crippen molar-refractivity contribution in [2.45, 2.75) is 9.24 Å². The minimum absolute atomic E-state index is 0.464. The maximum absolute atomic E-state index is 11.2. The number of hydrogen-bond acceptors (Lipinski definition) is 6. The fraction of sp³-hybridized carbons (Fsp3) is 0. The minimum Gasteiger partial charge on any atom is -0.408 e. The van der Waals surface area contributed by atoms with Crippen LogP contribution in [0.5, 0.6) is 0 Å². The van der Waals surface area contributed by atoms with Crippen LogP contribution >= 0.6 is 23.1 Å². The molecule has 0 saturated heterocycles. The van der Waals surface area contributed by atoms with Crippen molar-refractivity contribution >= 4 is 50.1 Å². The summed E-state index contributed by atoms with van der Waals surface area (Å²) in [5.41, 5.74) is 8.66. The Morgan fingerprint density at radius 3 is 3.00 bits per heavy atom. The molecule has 0 amide bonds. The molecule has 4 rings (SSSR count). The average Bonchev–Trinajstić information content (AvgIpc) is 3.00. The van der Waals surface area contributed by atoms with Crippen LogP contribution in [0, 0.1) is 0 Å². The predicted molar refractivity (Wildman–Crippen MR) is 85.0 cm³/mol. The number of oxazole rings is 1. The monoisotopic (exact) mass is 315 g/mol. The number of rotatable bonds is 2. The van der Waals surface area contributed by atoms with Gasteiger partial charge in [-0.05, 0) is 18.2 Å². The molecule has 2 aromatic heterocycles. The van der Waals surface area contributed by atoms with Gasteiger partial charge in [-0.2, -0.15) is 0 Å². The van der Waals surface area contributed by atoms with Gasteiger partial charge in [0.25, 0.3) is 0 Å². The van der Waals surface area contributed by atoms with Crippen LogP contribution in [0.3, 0.4) is 0 Å². The lowest BCUT2D eigenvalue weighted by Gasteiger charge is -2.02. The summed E-state index contributed by atoms with van der Waals surface area (Å²) >= 11 is 3.10. The Bertz CT molecular complexity index is 983. The quantitative estimate of drug-likeness (QED) is 0.553. The summed E-state index contributed by atoms with van der Waals surface area (Å²) in [6, 6.07) is 11.4. The zero-order chi connectivity index (χ0) is 14.4. The van der Waals surface area contributed by atoms with Gasteiger partial charge in [-0.1, -0.05) is 23.9 Å². The van der Waals surface area contributed by atoms with Crippen molar-refractivity contribution in [2.75, 3.05) is 5.73 Å². The first-order chi connectivity index (χ1) is 10.2. The highest BCUT2D eigenvalue weighted by Crippen LogP contribution is 2.38. The zero-order valence-corrected chi connectivity index (χ0v) is 12.3. The van der Waals surface area contributed by atoms with Gasteiger partial charge in [-0.15, -0.1) is 11.3 Å². The van der Waals surface area contributed by atoms with Crippen LogP contribution in [0.25, 0.3) is 21.3 Å². The second kappa shape index (κ2) is 4.64. The number of H-pyrrole nitrogens is 1. The van der Waals surface area contributed by atoms with Gasteiger partial charge in [-0.3, -0.25) is 4.98 Å². The summed E-state index contributed by atoms with van der Waals surface area (Å²) in [5, 5.41) is 0. The lowest BCUT2D eigenvalue weighted by Crippen LogP contribution is -1.93. The van der Waals surface area contributed by atoms with E-state index in [-0.39, 0.29) is 0 Å². The molecule has 0 aliphatic rings. The number of nitrogens with one attached hydrogen (secondary N) is 1. The topological polar surface area (TPSA) is 84.9 Å². The third-order valence-corrected chi connectivity index (χ3v) is 5.19. The number of aromatic amines is 1. The van der Waals surface area contributed by atoms with Crippen LogP contribution in [0.1, 0.15) is 0 Å². The molecule has 0 unspecified atom stereocenters. The molecule has 0 aliphatic carbocycles. The van der Waals surface area contributed by atoms with E-state index in [0.717, 1.165) is 19.5 Å². The fourth-order valence-electron chi connectivity index (χ4n) is 2.07. The number of benzene rings is 2. The van der Waals surface area contributed by atoms with Crippen LogP contribution in [0.2, 0.25) is 0 Å². The fourth-order valence-corrected chi connectivity index (χ4v) is 4.16. The van der Waals surface area contributed by atoms with Gasteiger partial charge in [0.1, 0.15) is 0 Å². The molecule has 2 heterocycles. The van der Waals surface area contributed by atoms with E-state index in [0.29, 0.717) is 16.8 Å². The molecule has 0 saturated carbocycles. The number of para-hydroxylation sites is 1. The minimum atomic E-state index is -0.480. The van der Waals surface area contributed by atoms with Crippen LogP contribution in [0.4, 0.5) is 5.69 Å². The number of aromatic nitrogens is 2. The Hall–Kier alpha value is -2.25. The lowest BCUT2D eigenvalue weighted by atomic mass is 10.3. The molecule has 0 spiro atoms. The molecule has 0 atom stereocenters. The Kier molecular flexibility index (Phi) is 2.76. The molecular weight excluding hydrogens is 306 g/mol. The van der Waals surface area contributed by atoms with Crippen LogP contribution < -0.4 is 11.5 Å². The molecule has 5 nitrogen and oxygen atoms in total. The van der Waals surface area contributed by atoms with Crippen LogP contribution in [0.15, 0.2) is 54.8 Å². The van der Waals surface area contributed by atoms with Crippen molar-refractivity contribution in [1.82, 2.24) is 9.97 Å². The van der Waals surface area contributed by atoms with Crippen molar-refractivity contribution in [3.8, 4) is 0 Å². The molecule has 0 radical (unpaired) electrons. The highest BCUT2D eigenvalue weighted by molar-refractivity contribution is 8.01. The second-order valence-electron chi connectivity index (χ2n) is 4.45. The van der Waals surface area contributed by atoms with E-state index >= 15 is 0 Å². The number of thiazole rings is 1. The first kappa shape index (κ1) is 12.5. The van der Waals surface area contributed by atoms with Crippen molar-refractivity contribution < 1.29 is 4.42 Å². The standard InChI is InChI=1S/C14H9N3O2S2/c15-7-5-10-9(16-13(18)19-10)6-12(7)21-14-17-8-3-1-2-4-11(8)20-14/h1-6H,15H2,(H,16,18).